The summed E-state index contributed by atoms with van der Waals surface area (Å²) in [5, 5.41) is 21.8. The SMILES string of the molecule is COc1nnc(SCC2=C(C(=O)O)N3C(=O)C(NC(=O)Cc4csc(=O)s4)C3SC2)s1. The fraction of sp³-hybridized carbons (Fsp3) is 0.375. The van der Waals surface area contributed by atoms with Crippen molar-refractivity contribution in [2.45, 2.75) is 22.2 Å². The van der Waals surface area contributed by atoms with Gasteiger partial charge in [0.15, 0.2) is 4.34 Å². The molecule has 0 radical (unpaired) electrons. The van der Waals surface area contributed by atoms with Crippen LogP contribution in [-0.2, 0) is 20.8 Å². The molecule has 10 nitrogen and oxygen atoms in total. The highest BCUT2D eigenvalue weighted by Crippen LogP contribution is 2.42. The van der Waals surface area contributed by atoms with E-state index in [1.165, 1.54) is 46.9 Å². The number of aromatic nitrogens is 2. The number of methoxy groups -OCH3 is 1. The van der Waals surface area contributed by atoms with Gasteiger partial charge in [0.25, 0.3) is 15.2 Å². The average Bonchev–Trinajstić information content (AvgIpc) is 3.38. The largest absolute Gasteiger partial charge is 0.477 e. The molecule has 2 N–H and O–H groups in total. The molecule has 0 aromatic carbocycles. The summed E-state index contributed by atoms with van der Waals surface area (Å²) < 4.78 is 5.55. The highest BCUT2D eigenvalue weighted by Gasteiger charge is 2.54. The van der Waals surface area contributed by atoms with Crippen LogP contribution in [0.25, 0.3) is 0 Å². The lowest BCUT2D eigenvalue weighted by atomic mass is 10.0. The summed E-state index contributed by atoms with van der Waals surface area (Å²) in [5.41, 5.74) is 0.563. The van der Waals surface area contributed by atoms with Crippen molar-refractivity contribution in [3.8, 4) is 5.19 Å². The molecular weight excluding hydrogens is 505 g/mol. The number of nitrogens with zero attached hydrogens (tertiary/aromatic N) is 3. The minimum Gasteiger partial charge on any atom is -0.477 e. The van der Waals surface area contributed by atoms with E-state index < -0.39 is 23.3 Å². The Balaban J connectivity index is 1.42. The topological polar surface area (TPSA) is 139 Å². The van der Waals surface area contributed by atoms with Crippen molar-refractivity contribution in [2.75, 3.05) is 18.6 Å². The van der Waals surface area contributed by atoms with E-state index in [1.54, 1.807) is 5.38 Å². The highest BCUT2D eigenvalue weighted by atomic mass is 32.2. The van der Waals surface area contributed by atoms with E-state index in [9.17, 15) is 24.3 Å². The molecule has 2 atom stereocenters. The maximum Gasteiger partial charge on any atom is 0.352 e. The van der Waals surface area contributed by atoms with E-state index in [2.05, 4.69) is 15.5 Å². The third kappa shape index (κ3) is 4.64. The summed E-state index contributed by atoms with van der Waals surface area (Å²) in [6.07, 6.45) is 0.0133. The van der Waals surface area contributed by atoms with Gasteiger partial charge < -0.3 is 15.2 Å². The normalized spacial score (nSPS) is 20.3. The average molecular weight is 519 g/mol. The second kappa shape index (κ2) is 9.28. The molecule has 2 amide bonds. The predicted octanol–water partition coefficient (Wildman–Crippen LogP) is 1.10. The van der Waals surface area contributed by atoms with E-state index in [0.717, 1.165) is 22.7 Å². The van der Waals surface area contributed by atoms with Gasteiger partial charge in [-0.05, 0) is 16.9 Å². The zero-order chi connectivity index (χ0) is 22.1. The zero-order valence-electron chi connectivity index (χ0n) is 15.7. The Hall–Kier alpha value is -1.94. The molecule has 15 heteroatoms. The van der Waals surface area contributed by atoms with Gasteiger partial charge in [-0.15, -0.1) is 16.9 Å². The number of carbonyl (C=O) groups excluding carboxylic acids is 2. The number of thioether (sulfide) groups is 2. The second-order valence-electron chi connectivity index (χ2n) is 6.27. The molecule has 2 aliphatic heterocycles. The van der Waals surface area contributed by atoms with Gasteiger partial charge in [0.1, 0.15) is 17.1 Å². The summed E-state index contributed by atoms with van der Waals surface area (Å²) in [4.78, 5) is 50.0. The van der Waals surface area contributed by atoms with Gasteiger partial charge in [-0.25, -0.2) is 4.79 Å². The van der Waals surface area contributed by atoms with Crippen molar-refractivity contribution < 1.29 is 24.2 Å². The molecule has 2 aromatic rings. The van der Waals surface area contributed by atoms with E-state index in [1.807, 2.05) is 0 Å². The Labute approximate surface area is 195 Å². The number of amides is 2. The van der Waals surface area contributed by atoms with E-state index in [4.69, 9.17) is 4.74 Å². The van der Waals surface area contributed by atoms with Gasteiger partial charge in [0.2, 0.25) is 5.91 Å². The first-order valence-corrected chi connectivity index (χ1v) is 13.2. The van der Waals surface area contributed by atoms with Gasteiger partial charge >= 0.3 is 5.97 Å². The van der Waals surface area contributed by atoms with Crippen LogP contribution in [0.15, 0.2) is 25.8 Å². The van der Waals surface area contributed by atoms with Gasteiger partial charge in [0, 0.05) is 21.8 Å². The monoisotopic (exact) mass is 518 g/mol. The maximum atomic E-state index is 12.7. The lowest BCUT2D eigenvalue weighted by molar-refractivity contribution is -0.150. The van der Waals surface area contributed by atoms with Crippen LogP contribution in [0.4, 0.5) is 0 Å². The summed E-state index contributed by atoms with van der Waals surface area (Å²) in [7, 11) is 1.49. The number of rotatable bonds is 8. The first-order valence-electron chi connectivity index (χ1n) is 8.64. The Kier molecular flexibility index (Phi) is 6.66. The fourth-order valence-corrected chi connectivity index (χ4v) is 7.87. The van der Waals surface area contributed by atoms with Crippen molar-refractivity contribution in [3.05, 3.63) is 30.4 Å². The predicted molar refractivity (Wildman–Crippen MR) is 119 cm³/mol. The molecule has 4 heterocycles. The lowest BCUT2D eigenvalue weighted by Crippen LogP contribution is -2.70. The number of carboxylic acid groups (broad SMARTS) is 1. The summed E-state index contributed by atoms with van der Waals surface area (Å²) in [6, 6.07) is -0.788. The molecule has 0 spiro atoms. The van der Waals surface area contributed by atoms with Crippen molar-refractivity contribution in [1.29, 1.82) is 0 Å². The van der Waals surface area contributed by atoms with E-state index in [0.29, 0.717) is 31.5 Å². The van der Waals surface area contributed by atoms with Gasteiger partial charge in [0.05, 0.1) is 13.5 Å². The Morgan fingerprint density at radius 2 is 2.16 bits per heavy atom. The number of hydrogen-bond acceptors (Lipinski definition) is 12. The number of carboxylic acids is 1. The van der Waals surface area contributed by atoms with Crippen molar-refractivity contribution in [1.82, 2.24) is 20.4 Å². The molecule has 1 saturated heterocycles. The van der Waals surface area contributed by atoms with Crippen LogP contribution in [0.5, 0.6) is 5.19 Å². The molecule has 2 aliphatic rings. The minimum absolute atomic E-state index is 0.0133. The van der Waals surface area contributed by atoms with Gasteiger partial charge in [-0.1, -0.05) is 39.5 Å². The van der Waals surface area contributed by atoms with Crippen LogP contribution >= 0.6 is 57.5 Å². The lowest BCUT2D eigenvalue weighted by Gasteiger charge is -2.49. The van der Waals surface area contributed by atoms with Crippen LogP contribution in [0.2, 0.25) is 0 Å². The van der Waals surface area contributed by atoms with Crippen LogP contribution < -0.4 is 14.1 Å². The summed E-state index contributed by atoms with van der Waals surface area (Å²) >= 11 is 6.01. The first-order chi connectivity index (χ1) is 14.9. The summed E-state index contributed by atoms with van der Waals surface area (Å²) in [5.74, 6) is -1.26. The number of nitrogens with one attached hydrogen (secondary N) is 1. The molecule has 31 heavy (non-hydrogen) atoms. The molecule has 0 bridgehead atoms. The first kappa shape index (κ1) is 22.3. The molecule has 1 fully saturated rings. The van der Waals surface area contributed by atoms with Crippen molar-refractivity contribution in [2.24, 2.45) is 0 Å². The smallest absolute Gasteiger partial charge is 0.352 e. The van der Waals surface area contributed by atoms with Crippen LogP contribution in [-0.4, -0.2) is 68.0 Å². The van der Waals surface area contributed by atoms with Crippen LogP contribution in [0.3, 0.4) is 0 Å². The Morgan fingerprint density at radius 1 is 1.35 bits per heavy atom. The number of hydrogen-bond donors (Lipinski definition) is 2. The van der Waals surface area contributed by atoms with Gasteiger partial charge in [-0.2, -0.15) is 0 Å². The molecule has 2 aromatic heterocycles. The zero-order valence-corrected chi connectivity index (χ0v) is 19.8. The molecule has 2 unspecified atom stereocenters. The third-order valence-electron chi connectivity index (χ3n) is 4.33. The molecule has 164 valence electrons. The third-order valence-corrected chi connectivity index (χ3v) is 9.75. The van der Waals surface area contributed by atoms with E-state index >= 15 is 0 Å². The quantitative estimate of drug-likeness (QED) is 0.386. The number of fused-ring (bicyclic) bond motifs is 1. The molecule has 0 aliphatic carbocycles. The Morgan fingerprint density at radius 3 is 2.81 bits per heavy atom. The standard InChI is InChI=1S/C16H14N4O6S5/c1-26-14-18-19-15(31-14)28-4-6-3-27-12-9(11(22)20(12)10(6)13(23)24)17-8(21)2-7-5-29-16(25)30-7/h5,9,12H,2-4H2,1H3,(H,17,21)(H,23,24). The number of aliphatic carboxylic acids is 1. The molecular formula is C16H14N4O6S5. The van der Waals surface area contributed by atoms with Crippen molar-refractivity contribution in [3.63, 3.8) is 0 Å². The summed E-state index contributed by atoms with van der Waals surface area (Å²) in [6.45, 7) is 0. The fourth-order valence-electron chi connectivity index (χ4n) is 3.01. The second-order valence-corrected chi connectivity index (χ2v) is 11.7. The maximum absolute atomic E-state index is 12.7. The van der Waals surface area contributed by atoms with Crippen LogP contribution in [0.1, 0.15) is 4.88 Å². The molecule has 4 rings (SSSR count). The highest BCUT2D eigenvalue weighted by molar-refractivity contribution is 8.01. The van der Waals surface area contributed by atoms with Gasteiger partial charge in [-0.3, -0.25) is 19.3 Å². The van der Waals surface area contributed by atoms with Crippen molar-refractivity contribution >= 4 is 75.3 Å². The van der Waals surface area contributed by atoms with Crippen LogP contribution in [0, 0.1) is 0 Å². The number of ether oxygens (including phenoxy) is 1. The van der Waals surface area contributed by atoms with E-state index in [-0.39, 0.29) is 22.1 Å². The minimum atomic E-state index is -1.18. The Bertz CT molecular complexity index is 1120. The molecule has 0 saturated carbocycles. The number of β-lactam (4-membered cyclic amide) rings is 1. The number of carbonyl (C=O) groups is 3.